The topological polar surface area (TPSA) is 68.4 Å². The molecule has 2 rings (SSSR count). The summed E-state index contributed by atoms with van der Waals surface area (Å²) in [4.78, 5) is 27.0. The molecule has 5 nitrogen and oxygen atoms in total. The van der Waals surface area contributed by atoms with Crippen molar-refractivity contribution in [3.05, 3.63) is 52.3 Å². The van der Waals surface area contributed by atoms with Gasteiger partial charge in [-0.2, -0.15) is 0 Å². The van der Waals surface area contributed by atoms with Crippen LogP contribution in [0.25, 0.3) is 0 Å². The molecule has 0 unspecified atom stereocenters. The van der Waals surface area contributed by atoms with Crippen LogP contribution in [0.15, 0.2) is 18.2 Å². The number of ether oxygens (including phenoxy) is 2. The van der Waals surface area contributed by atoms with E-state index in [-0.39, 0.29) is 18.1 Å². The van der Waals surface area contributed by atoms with E-state index in [4.69, 9.17) is 9.47 Å². The molecule has 128 valence electrons. The minimum atomic E-state index is -0.894. The Morgan fingerprint density at radius 2 is 1.92 bits per heavy atom. The number of aromatic amines is 1. The zero-order chi connectivity index (χ0) is 17.9. The molecule has 0 radical (unpaired) electrons. The Labute approximate surface area is 137 Å². The smallest absolute Gasteiger partial charge is 0.340 e. The van der Waals surface area contributed by atoms with Crippen molar-refractivity contribution >= 4 is 11.8 Å². The number of aryl methyl sites for hydroxylation is 1. The molecule has 1 heterocycles. The predicted octanol–water partition coefficient (Wildman–Crippen LogP) is 3.35. The summed E-state index contributed by atoms with van der Waals surface area (Å²) < 4.78 is 36.4. The van der Waals surface area contributed by atoms with Gasteiger partial charge in [0.15, 0.2) is 18.2 Å². The second kappa shape index (κ2) is 7.25. The van der Waals surface area contributed by atoms with Gasteiger partial charge in [-0.15, -0.1) is 0 Å². The van der Waals surface area contributed by atoms with Crippen molar-refractivity contribution in [2.24, 2.45) is 0 Å². The molecule has 0 fully saturated rings. The summed E-state index contributed by atoms with van der Waals surface area (Å²) in [5, 5.41) is 0. The zero-order valence-electron chi connectivity index (χ0n) is 13.5. The lowest BCUT2D eigenvalue weighted by molar-refractivity contribution is 0.0525. The van der Waals surface area contributed by atoms with E-state index >= 15 is 0 Å². The van der Waals surface area contributed by atoms with Crippen molar-refractivity contribution in [2.75, 3.05) is 13.2 Å². The maximum Gasteiger partial charge on any atom is 0.340 e. The van der Waals surface area contributed by atoms with Gasteiger partial charge in [0.05, 0.1) is 17.9 Å². The number of benzene rings is 1. The fourth-order valence-electron chi connectivity index (χ4n) is 2.35. The van der Waals surface area contributed by atoms with Crippen LogP contribution in [0.1, 0.15) is 39.0 Å². The van der Waals surface area contributed by atoms with E-state index in [9.17, 15) is 18.4 Å². The number of hydrogen-bond acceptors (Lipinski definition) is 4. The van der Waals surface area contributed by atoms with Crippen molar-refractivity contribution in [2.45, 2.75) is 20.8 Å². The minimum Gasteiger partial charge on any atom is -0.482 e. The maximum atomic E-state index is 13.5. The zero-order valence-corrected chi connectivity index (χ0v) is 13.5. The van der Waals surface area contributed by atoms with E-state index in [0.29, 0.717) is 22.9 Å². The molecule has 0 saturated carbocycles. The maximum absolute atomic E-state index is 13.5. The quantitative estimate of drug-likeness (QED) is 0.648. The van der Waals surface area contributed by atoms with E-state index in [0.717, 1.165) is 12.1 Å². The number of H-pyrrole nitrogens is 1. The van der Waals surface area contributed by atoms with Gasteiger partial charge in [0.25, 0.3) is 0 Å². The van der Waals surface area contributed by atoms with Crippen molar-refractivity contribution < 1.29 is 27.8 Å². The molecule has 0 saturated heterocycles. The van der Waals surface area contributed by atoms with E-state index in [2.05, 4.69) is 4.98 Å². The molecule has 0 spiro atoms. The summed E-state index contributed by atoms with van der Waals surface area (Å²) in [6, 6.07) is 2.81. The third-order valence-corrected chi connectivity index (χ3v) is 3.45. The summed E-state index contributed by atoms with van der Waals surface area (Å²) in [5.41, 5.74) is 1.44. The first-order valence-electron chi connectivity index (χ1n) is 7.32. The van der Waals surface area contributed by atoms with Gasteiger partial charge >= 0.3 is 5.97 Å². The number of aromatic nitrogens is 1. The van der Waals surface area contributed by atoms with Gasteiger partial charge in [-0.1, -0.05) is 0 Å². The number of nitrogens with one attached hydrogen (secondary N) is 1. The van der Waals surface area contributed by atoms with Crippen LogP contribution >= 0.6 is 0 Å². The van der Waals surface area contributed by atoms with Crippen molar-refractivity contribution in [3.8, 4) is 5.75 Å². The van der Waals surface area contributed by atoms with Crippen LogP contribution in [0.4, 0.5) is 8.78 Å². The highest BCUT2D eigenvalue weighted by molar-refractivity contribution is 6.02. The largest absolute Gasteiger partial charge is 0.482 e. The Hall–Kier alpha value is -2.70. The second-order valence-electron chi connectivity index (χ2n) is 5.13. The molecule has 24 heavy (non-hydrogen) atoms. The number of carbonyl (C=O) groups excluding carboxylic acids is 2. The number of rotatable bonds is 6. The van der Waals surface area contributed by atoms with E-state index in [1.807, 2.05) is 0 Å². The van der Waals surface area contributed by atoms with Gasteiger partial charge in [0, 0.05) is 11.8 Å². The third kappa shape index (κ3) is 3.61. The molecule has 1 aromatic heterocycles. The van der Waals surface area contributed by atoms with Gasteiger partial charge in [0.2, 0.25) is 5.78 Å². The standard InChI is InChI=1S/C17H17F2NO4/c1-4-23-17(22)15-9(2)16(20-10(15)3)13(21)8-24-14-6-5-11(18)7-12(14)19/h5-7,20H,4,8H2,1-3H3. The molecule has 0 aliphatic carbocycles. The first-order chi connectivity index (χ1) is 11.3. The summed E-state index contributed by atoms with van der Waals surface area (Å²) in [5.74, 6) is -2.84. The van der Waals surface area contributed by atoms with Crippen LogP contribution in [-0.2, 0) is 4.74 Å². The van der Waals surface area contributed by atoms with Crippen LogP contribution in [0.3, 0.4) is 0 Å². The van der Waals surface area contributed by atoms with Crippen LogP contribution in [0, 0.1) is 25.5 Å². The van der Waals surface area contributed by atoms with Crippen LogP contribution in [0.2, 0.25) is 0 Å². The highest BCUT2D eigenvalue weighted by atomic mass is 19.1. The fraction of sp³-hybridized carbons (Fsp3) is 0.294. The molecule has 0 amide bonds. The van der Waals surface area contributed by atoms with Gasteiger partial charge in [-0.05, 0) is 38.5 Å². The summed E-state index contributed by atoms with van der Waals surface area (Å²) >= 11 is 0. The molecule has 0 aliphatic heterocycles. The lowest BCUT2D eigenvalue weighted by atomic mass is 10.1. The molecule has 0 bridgehead atoms. The van der Waals surface area contributed by atoms with Gasteiger partial charge in [-0.25, -0.2) is 13.6 Å². The Kier molecular flexibility index (Phi) is 5.33. The Morgan fingerprint density at radius 1 is 1.21 bits per heavy atom. The summed E-state index contributed by atoms with van der Waals surface area (Å²) in [6.07, 6.45) is 0. The van der Waals surface area contributed by atoms with Crippen molar-refractivity contribution in [1.82, 2.24) is 4.98 Å². The molecular formula is C17H17F2NO4. The Morgan fingerprint density at radius 3 is 2.54 bits per heavy atom. The lowest BCUT2D eigenvalue weighted by Gasteiger charge is -2.06. The number of ketones is 1. The fourth-order valence-corrected chi connectivity index (χ4v) is 2.35. The van der Waals surface area contributed by atoms with Crippen LogP contribution in [0.5, 0.6) is 5.75 Å². The number of hydrogen-bond donors (Lipinski definition) is 1. The van der Waals surface area contributed by atoms with Crippen molar-refractivity contribution in [3.63, 3.8) is 0 Å². The number of esters is 1. The normalized spacial score (nSPS) is 10.5. The Bertz CT molecular complexity index is 783. The molecular weight excluding hydrogens is 320 g/mol. The third-order valence-electron chi connectivity index (χ3n) is 3.45. The second-order valence-corrected chi connectivity index (χ2v) is 5.13. The minimum absolute atomic E-state index is 0.193. The molecule has 0 aliphatic rings. The highest BCUT2D eigenvalue weighted by Gasteiger charge is 2.23. The average Bonchev–Trinajstić information content (AvgIpc) is 2.81. The van der Waals surface area contributed by atoms with Gasteiger partial charge < -0.3 is 14.5 Å². The highest BCUT2D eigenvalue weighted by Crippen LogP contribution is 2.21. The van der Waals surface area contributed by atoms with E-state index < -0.39 is 30.0 Å². The molecule has 7 heteroatoms. The number of halogens is 2. The Balaban J connectivity index is 2.15. The molecule has 2 aromatic rings. The number of Topliss-reactive ketones (excluding diaryl/α,β-unsaturated/α-hetero) is 1. The van der Waals surface area contributed by atoms with Crippen molar-refractivity contribution in [1.29, 1.82) is 0 Å². The first-order valence-corrected chi connectivity index (χ1v) is 7.32. The first kappa shape index (κ1) is 17.7. The summed E-state index contributed by atoms with van der Waals surface area (Å²) in [6.45, 7) is 4.72. The molecule has 0 atom stereocenters. The van der Waals surface area contributed by atoms with Gasteiger partial charge in [-0.3, -0.25) is 4.79 Å². The van der Waals surface area contributed by atoms with Gasteiger partial charge in [0.1, 0.15) is 5.82 Å². The monoisotopic (exact) mass is 337 g/mol. The van der Waals surface area contributed by atoms with E-state index in [1.165, 1.54) is 0 Å². The average molecular weight is 337 g/mol. The van der Waals surface area contributed by atoms with Crippen LogP contribution in [-0.4, -0.2) is 30.0 Å². The van der Waals surface area contributed by atoms with Crippen LogP contribution < -0.4 is 4.74 Å². The summed E-state index contributed by atoms with van der Waals surface area (Å²) in [7, 11) is 0. The predicted molar refractivity (Wildman–Crippen MR) is 82.4 cm³/mol. The molecule has 1 aromatic carbocycles. The SMILES string of the molecule is CCOC(=O)c1c(C)[nH]c(C(=O)COc2ccc(F)cc2F)c1C. The molecule has 1 N–H and O–H groups in total. The number of carbonyl (C=O) groups is 2. The van der Waals surface area contributed by atoms with E-state index in [1.54, 1.807) is 20.8 Å². The lowest BCUT2D eigenvalue weighted by Crippen LogP contribution is -2.14.